The molecule has 0 unspecified atom stereocenters. The summed E-state index contributed by atoms with van der Waals surface area (Å²) in [4.78, 5) is 29.5. The van der Waals surface area contributed by atoms with Gasteiger partial charge in [0.2, 0.25) is 0 Å². The van der Waals surface area contributed by atoms with E-state index in [1.165, 1.54) is 39.0 Å². The maximum atomic E-state index is 11.7. The van der Waals surface area contributed by atoms with Crippen molar-refractivity contribution in [3.63, 3.8) is 0 Å². The molecule has 4 aromatic rings. The summed E-state index contributed by atoms with van der Waals surface area (Å²) < 4.78 is 5.37. The number of carboxylic acids is 1. The topological polar surface area (TPSA) is 174 Å². The van der Waals surface area contributed by atoms with E-state index in [2.05, 4.69) is 91.0 Å². The molecule has 1 heterocycles. The number of carbonyl (C=O) groups excluding carboxylic acids is 1. The van der Waals surface area contributed by atoms with Crippen molar-refractivity contribution < 1.29 is 45.0 Å². The molecule has 0 aromatic heterocycles. The molecule has 5 rings (SSSR count). The number of aliphatic hydroxyl groups excluding tert-OH is 4. The van der Waals surface area contributed by atoms with Crippen molar-refractivity contribution in [3.05, 3.63) is 121 Å². The lowest BCUT2D eigenvalue weighted by molar-refractivity contribution is -0.268. The number of carboxylic acid groups (broad SMARTS) is 1. The third-order valence-corrected chi connectivity index (χ3v) is 10.5. The van der Waals surface area contributed by atoms with Gasteiger partial charge in [-0.2, -0.15) is 0 Å². The van der Waals surface area contributed by atoms with Gasteiger partial charge in [-0.15, -0.1) is 0 Å². The van der Waals surface area contributed by atoms with Crippen molar-refractivity contribution in [2.45, 2.75) is 66.4 Å². The number of hydrogen-bond acceptors (Lipinski definition) is 9. The van der Waals surface area contributed by atoms with Gasteiger partial charge in [-0.3, -0.25) is 4.90 Å². The Hall–Kier alpha value is -4.43. The summed E-state index contributed by atoms with van der Waals surface area (Å²) in [6.45, 7) is 8.75. The zero-order valence-electron chi connectivity index (χ0n) is 31.5. The molecule has 0 aliphatic carbocycles. The summed E-state index contributed by atoms with van der Waals surface area (Å²) >= 11 is 0. The van der Waals surface area contributed by atoms with Crippen LogP contribution in [-0.4, -0.2) is 112 Å². The molecule has 54 heavy (non-hydrogen) atoms. The highest BCUT2D eigenvalue weighted by Gasteiger charge is 2.28. The molecule has 1 aliphatic heterocycles. The molecule has 1 aliphatic rings. The van der Waals surface area contributed by atoms with Crippen LogP contribution in [0, 0.1) is 0 Å². The Kier molecular flexibility index (Phi) is 21.6. The summed E-state index contributed by atoms with van der Waals surface area (Å²) in [5, 5.41) is 53.8. The van der Waals surface area contributed by atoms with Crippen LogP contribution < -0.4 is 5.11 Å². The smallest absolute Gasteiger partial charge is 0.410 e. The molecule has 0 bridgehead atoms. The van der Waals surface area contributed by atoms with Crippen LogP contribution in [0.4, 0.5) is 4.79 Å². The van der Waals surface area contributed by atoms with Crippen LogP contribution in [-0.2, 0) is 15.6 Å². The quantitative estimate of drug-likeness (QED) is 0.120. The largest absolute Gasteiger partial charge is 0.872 e. The SMILES string of the molecule is CCC(C)(C)OC(=O)N1CCC(O)CC1.O=C(O)c1ccccc1[O-].OCCN(CCO)CCO.c1ccc([S+](c2ccccc2)c2ccccc2)cc1. The number of piperidine rings is 1. The molecule has 0 saturated carbocycles. The zero-order chi connectivity index (χ0) is 39.8. The van der Waals surface area contributed by atoms with Crippen LogP contribution in [0.5, 0.6) is 5.75 Å². The van der Waals surface area contributed by atoms with Gasteiger partial charge in [0.1, 0.15) is 5.60 Å². The summed E-state index contributed by atoms with van der Waals surface area (Å²) in [7, 11) is -0.0146. The van der Waals surface area contributed by atoms with Gasteiger partial charge in [0.25, 0.3) is 0 Å². The Bertz CT molecular complexity index is 1480. The van der Waals surface area contributed by atoms with Crippen molar-refractivity contribution in [2.24, 2.45) is 0 Å². The van der Waals surface area contributed by atoms with Crippen LogP contribution >= 0.6 is 0 Å². The molecule has 0 spiro atoms. The molecule has 0 atom stereocenters. The molecular weight excluding hydrogens is 709 g/mol. The number of hydrogen-bond donors (Lipinski definition) is 5. The molecule has 4 aromatic carbocycles. The van der Waals surface area contributed by atoms with Crippen LogP contribution in [0.3, 0.4) is 0 Å². The van der Waals surface area contributed by atoms with Gasteiger partial charge in [-0.05, 0) is 75.6 Å². The van der Waals surface area contributed by atoms with E-state index in [1.807, 2.05) is 20.8 Å². The predicted octanol–water partition coefficient (Wildman–Crippen LogP) is 5.27. The van der Waals surface area contributed by atoms with E-state index in [0.717, 1.165) is 6.42 Å². The Morgan fingerprint density at radius 3 is 1.46 bits per heavy atom. The van der Waals surface area contributed by atoms with Gasteiger partial charge in [0.05, 0.1) is 42.4 Å². The Balaban J connectivity index is 0.000000260. The number of benzene rings is 4. The molecule has 0 radical (unpaired) electrons. The average molecular weight is 765 g/mol. The third-order valence-electron chi connectivity index (χ3n) is 8.24. The Morgan fingerprint density at radius 1 is 0.741 bits per heavy atom. The number of aliphatic hydroxyl groups is 4. The summed E-state index contributed by atoms with van der Waals surface area (Å²) in [6, 6.07) is 37.7. The first kappa shape index (κ1) is 45.7. The second-order valence-electron chi connectivity index (χ2n) is 12.8. The van der Waals surface area contributed by atoms with Gasteiger partial charge >= 0.3 is 12.1 Å². The second-order valence-corrected chi connectivity index (χ2v) is 14.8. The number of aromatic carboxylic acids is 1. The van der Waals surface area contributed by atoms with Crippen LogP contribution in [0.1, 0.15) is 50.4 Å². The van der Waals surface area contributed by atoms with E-state index in [4.69, 9.17) is 25.2 Å². The van der Waals surface area contributed by atoms with Crippen molar-refractivity contribution in [1.29, 1.82) is 0 Å². The number of rotatable bonds is 12. The van der Waals surface area contributed by atoms with Gasteiger partial charge in [-0.1, -0.05) is 85.5 Å². The van der Waals surface area contributed by atoms with Gasteiger partial charge in [0.15, 0.2) is 14.7 Å². The fourth-order valence-electron chi connectivity index (χ4n) is 4.90. The highest BCUT2D eigenvalue weighted by molar-refractivity contribution is 7.97. The summed E-state index contributed by atoms with van der Waals surface area (Å²) in [5.74, 6) is -1.62. The van der Waals surface area contributed by atoms with Crippen molar-refractivity contribution in [1.82, 2.24) is 9.80 Å². The van der Waals surface area contributed by atoms with E-state index in [-0.39, 0.29) is 48.5 Å². The minimum Gasteiger partial charge on any atom is -0.872 e. The predicted molar refractivity (Wildman–Crippen MR) is 210 cm³/mol. The standard InChI is InChI=1S/C18H15S.C11H21NO3.C7H6O3.C6H15NO3/c1-4-10-16(11-5-1)19(17-12-6-2-7-13-17)18-14-8-3-9-15-18;1-4-11(2,3)15-10(14)12-7-5-9(13)6-8-12;8-6-4-2-1-3-5(6)7(9)10;8-4-1-7(2-5-9)3-6-10/h1-15H;9,13H,4-8H2,1-3H3;1-4,8H,(H,9,10);8-10H,1-6H2/q+1;;;/p-1. The molecule has 5 N–H and O–H groups in total. The first-order valence-electron chi connectivity index (χ1n) is 18.1. The van der Waals surface area contributed by atoms with Gasteiger partial charge < -0.3 is 40.3 Å². The summed E-state index contributed by atoms with van der Waals surface area (Å²) in [5.41, 5.74) is -0.574. The number of para-hydroxylation sites is 1. The first-order chi connectivity index (χ1) is 26.0. The van der Waals surface area contributed by atoms with E-state index in [1.54, 1.807) is 9.80 Å². The monoisotopic (exact) mass is 764 g/mol. The molecule has 1 fully saturated rings. The Labute approximate surface area is 322 Å². The first-order valence-corrected chi connectivity index (χ1v) is 19.3. The third kappa shape index (κ3) is 17.1. The molecule has 12 heteroatoms. The number of likely N-dealkylation sites (tertiary alicyclic amines) is 1. The maximum Gasteiger partial charge on any atom is 0.410 e. The highest BCUT2D eigenvalue weighted by atomic mass is 32.2. The molecule has 1 amide bonds. The van der Waals surface area contributed by atoms with Crippen LogP contribution in [0.25, 0.3) is 0 Å². The van der Waals surface area contributed by atoms with Crippen LogP contribution in [0.15, 0.2) is 130 Å². The number of amides is 1. The van der Waals surface area contributed by atoms with E-state index < -0.39 is 17.3 Å². The normalized spacial score (nSPS) is 12.7. The minimum absolute atomic E-state index is 0.0146. The number of ether oxygens (including phenoxy) is 1. The number of carbonyl (C=O) groups is 2. The lowest BCUT2D eigenvalue weighted by Gasteiger charge is -2.32. The van der Waals surface area contributed by atoms with Crippen molar-refractivity contribution in [2.75, 3.05) is 52.5 Å². The van der Waals surface area contributed by atoms with Crippen molar-refractivity contribution in [3.8, 4) is 5.75 Å². The van der Waals surface area contributed by atoms with Gasteiger partial charge in [-0.25, -0.2) is 9.59 Å². The molecule has 294 valence electrons. The van der Waals surface area contributed by atoms with E-state index >= 15 is 0 Å². The molecular formula is C42H56N2O9S. The second kappa shape index (κ2) is 25.6. The average Bonchev–Trinajstić information content (AvgIpc) is 3.17. The maximum absolute atomic E-state index is 11.7. The lowest BCUT2D eigenvalue weighted by atomic mass is 10.1. The van der Waals surface area contributed by atoms with E-state index in [0.29, 0.717) is 45.6 Å². The zero-order valence-corrected chi connectivity index (χ0v) is 32.3. The summed E-state index contributed by atoms with van der Waals surface area (Å²) in [6.07, 6.45) is 1.60. The van der Waals surface area contributed by atoms with Gasteiger partial charge in [0, 0.05) is 32.7 Å². The highest BCUT2D eigenvalue weighted by Crippen LogP contribution is 2.30. The van der Waals surface area contributed by atoms with E-state index in [9.17, 15) is 19.8 Å². The minimum atomic E-state index is -1.18. The Morgan fingerprint density at radius 2 is 1.13 bits per heavy atom. The van der Waals surface area contributed by atoms with Crippen molar-refractivity contribution >= 4 is 23.0 Å². The lowest BCUT2D eigenvalue weighted by Crippen LogP contribution is -2.43. The fourth-order valence-corrected chi connectivity index (χ4v) is 7.01. The fraction of sp³-hybridized carbons (Fsp3) is 0.381. The van der Waals surface area contributed by atoms with Crippen LogP contribution in [0.2, 0.25) is 0 Å². The molecule has 1 saturated heterocycles. The number of nitrogens with zero attached hydrogens (tertiary/aromatic N) is 2. The molecule has 11 nitrogen and oxygen atoms in total.